The molecule has 4 amide bonds. The molecule has 0 spiro atoms. The summed E-state index contributed by atoms with van der Waals surface area (Å²) in [5.74, 6) is 7.38. The molecule has 10 heterocycles. The number of rotatable bonds is 19. The highest BCUT2D eigenvalue weighted by atomic mass is 35.5. The molecule has 0 saturated carbocycles. The van der Waals surface area contributed by atoms with Crippen molar-refractivity contribution in [2.24, 2.45) is 0 Å². The minimum atomic E-state index is -0.802. The van der Waals surface area contributed by atoms with Gasteiger partial charge in [0.05, 0.1) is 65.3 Å². The number of urea groups is 2. The zero-order chi connectivity index (χ0) is 95.9. The van der Waals surface area contributed by atoms with Crippen molar-refractivity contribution in [2.75, 3.05) is 80.2 Å². The number of non-ortho nitro benzene ring substituents is 1. The van der Waals surface area contributed by atoms with Crippen molar-refractivity contribution < 1.29 is 100 Å². The van der Waals surface area contributed by atoms with E-state index in [4.69, 9.17) is 63.7 Å². The van der Waals surface area contributed by atoms with Crippen molar-refractivity contribution in [2.45, 2.75) is 30.2 Å². The number of methoxy groups -OCH3 is 1. The van der Waals surface area contributed by atoms with E-state index in [2.05, 4.69) is 79.6 Å². The van der Waals surface area contributed by atoms with Crippen molar-refractivity contribution in [3.8, 4) is 63.2 Å². The molecule has 5 atom stereocenters. The lowest BCUT2D eigenvalue weighted by Crippen LogP contribution is -2.42. The first-order valence-electron chi connectivity index (χ1n) is 42.9. The van der Waals surface area contributed by atoms with E-state index < -0.39 is 35.1 Å². The fourth-order valence-corrected chi connectivity index (χ4v) is 15.8. The number of carbonyl (C=O) groups is 7. The average molecular weight is 1870 g/mol. The van der Waals surface area contributed by atoms with Gasteiger partial charge in [0.25, 0.3) is 11.4 Å². The molecule has 10 aliphatic rings. The average Bonchev–Trinajstić information content (AvgIpc) is 0.811. The summed E-state index contributed by atoms with van der Waals surface area (Å²) in [6.45, 7) is 19.6. The van der Waals surface area contributed by atoms with Crippen LogP contribution in [0.5, 0.6) is 63.2 Å². The van der Waals surface area contributed by atoms with Crippen molar-refractivity contribution >= 4 is 76.4 Å². The van der Waals surface area contributed by atoms with Crippen LogP contribution >= 0.6 is 11.6 Å². The molecule has 137 heavy (non-hydrogen) atoms. The summed E-state index contributed by atoms with van der Waals surface area (Å²) in [6, 6.07) is 56.4. The molecule has 696 valence electrons. The van der Waals surface area contributed by atoms with Gasteiger partial charge in [0.1, 0.15) is 78.5 Å². The molecule has 10 aromatic carbocycles. The van der Waals surface area contributed by atoms with E-state index in [9.17, 15) is 53.8 Å². The zero-order valence-electron chi connectivity index (χ0n) is 73.6. The summed E-state index contributed by atoms with van der Waals surface area (Å²) in [5.41, 5.74) is 8.94. The molecular weight excluding hydrogens is 1780 g/mol. The molecule has 5 unspecified atom stereocenters. The normalized spacial score (nSPS) is 18.0. The van der Waals surface area contributed by atoms with Crippen LogP contribution in [0.15, 0.2) is 308 Å². The number of Topliss-reactive ketones (excluding diaryl/α,β-unsaturated/α-hetero) is 5. The molecule has 0 fully saturated rings. The van der Waals surface area contributed by atoms with Crippen LogP contribution in [-0.2, 0) is 0 Å². The SMILES string of the molecule is C=C1NC=C(C(=O)c2ccc3c(c2)OCCO3)C(c2ccc(Cl)cc2)N1.C=C1NC=C(C(=O)c2ccc3c(c2)OCCO3)C(c2ccc(OC)cc2)N1.C=C1NC=C(C(=O)c2ccc3c(c2)OCCO3)C(c2ccc([N+](=O)[O-])cc2)N1.C=[N+]([O-])c1ccccc1C1NC(=O)NC=C1C(=O)c1ccc2c(c1)OCCO2.C[N+](=O)c1cccc(C2NC(=O)NC=C2C(=O)c2ccc3c(c2)OCCO3)c1. The smallest absolute Gasteiger partial charge is 0.319 e. The molecule has 10 aromatic rings. The first-order chi connectivity index (χ1) is 66.4. The predicted octanol–water partition coefficient (Wildman–Crippen LogP) is 14.4. The standard InChI is InChI=1S/C21H20N2O4.C20H17ClN2O3.3C20H17N3O5/c1-13-22-12-17(20(23-13)14-3-6-16(25-2)7-4-14)21(24)15-5-8-18-19(11-15)27-10-9-26-18;1-12-22-11-16(19(23-12)13-2-5-15(21)6-3-13)20(24)14-4-7-17-18(10-14)26-9-8-25-17;1-12-21-11-16(19(22-12)13-2-5-15(6-3-13)23(25)26)20(24)14-4-7-17-18(10-14)28-9-8-27-17;1-23(26)14-4-2-3-12(9-14)18-15(11-21-20(25)22-18)19(24)13-5-6-16-17(10-13)28-8-7-27-16;1-23(26)15-5-3-2-4-13(15)18-14(11-21-20(25)22-18)19(24)12-6-7-16-17(10-12)28-9-8-27-16/h3-8,11-12,20,22-23H,1,9-10H2,2H3;2-7,10-11,19,22-23H,1,8-9H2;2-7,10-11,19,21-22H,1,8-9H2;2-6,9-11,18H,7-8H2,1H3,(H-,21,22,24,25);2-7,10-11,18H,1,8-9H2,(H2,21,22,25)/p+1. The Morgan fingerprint density at radius 2 is 0.657 bits per heavy atom. The molecule has 35 nitrogen and oxygen atoms in total. The predicted molar refractivity (Wildman–Crippen MR) is 503 cm³/mol. The van der Waals surface area contributed by atoms with E-state index in [1.54, 1.807) is 190 Å². The van der Waals surface area contributed by atoms with E-state index in [1.807, 2.05) is 36.4 Å². The van der Waals surface area contributed by atoms with Gasteiger partial charge in [0, 0.05) is 132 Å². The van der Waals surface area contributed by atoms with Crippen molar-refractivity contribution in [3.63, 3.8) is 0 Å². The molecular formula is C101H89ClN13O22+. The molecule has 0 radical (unpaired) electrons. The van der Waals surface area contributed by atoms with E-state index in [-0.39, 0.29) is 57.9 Å². The van der Waals surface area contributed by atoms with E-state index >= 15 is 0 Å². The van der Waals surface area contributed by atoms with Crippen LogP contribution < -0.4 is 105 Å². The van der Waals surface area contributed by atoms with Gasteiger partial charge in [-0.3, -0.25) is 34.1 Å². The Labute approximate surface area is 788 Å². The molecule has 10 aliphatic heterocycles. The number of nitroso groups, excluding NO2 is 1. The molecule has 0 aliphatic carbocycles. The molecule has 0 aromatic heterocycles. The fourth-order valence-electron chi connectivity index (χ4n) is 15.7. The van der Waals surface area contributed by atoms with Crippen molar-refractivity contribution in [1.29, 1.82) is 0 Å². The van der Waals surface area contributed by atoms with Crippen LogP contribution in [0.3, 0.4) is 0 Å². The number of para-hydroxylation sites is 1. The number of hydrogen-bond donors (Lipinski definition) is 10. The number of ketones is 5. The van der Waals surface area contributed by atoms with Crippen LogP contribution in [0.2, 0.25) is 5.02 Å². The Kier molecular flexibility index (Phi) is 28.3. The summed E-state index contributed by atoms with van der Waals surface area (Å²) < 4.78 is 61.7. The summed E-state index contributed by atoms with van der Waals surface area (Å²) in [7, 11) is 3.01. The third-order valence-corrected chi connectivity index (χ3v) is 22.7. The number of hydrogen-bond acceptors (Lipinski definition) is 28. The lowest BCUT2D eigenvalue weighted by molar-refractivity contribution is -0.428. The maximum Gasteiger partial charge on any atom is 0.319 e. The number of amides is 4. The maximum absolute atomic E-state index is 13.2. The third kappa shape index (κ3) is 21.6. The Balaban J connectivity index is 0.000000124. The van der Waals surface area contributed by atoms with Gasteiger partial charge < -0.3 is 110 Å². The van der Waals surface area contributed by atoms with Gasteiger partial charge in [-0.05, 0) is 156 Å². The van der Waals surface area contributed by atoms with Crippen LogP contribution in [-0.4, -0.2) is 142 Å². The minimum absolute atomic E-state index is 0.0137. The Morgan fingerprint density at radius 1 is 0.350 bits per heavy atom. The number of halogens is 1. The summed E-state index contributed by atoms with van der Waals surface area (Å²) in [5, 5.41) is 52.3. The first-order valence-corrected chi connectivity index (χ1v) is 43.3. The van der Waals surface area contributed by atoms with Gasteiger partial charge in [0.2, 0.25) is 5.69 Å². The molecule has 36 heteroatoms. The Hall–Kier alpha value is -17.6. The molecule has 0 bridgehead atoms. The summed E-state index contributed by atoms with van der Waals surface area (Å²) >= 11 is 5.98. The topological polar surface area (TPSA) is 431 Å². The van der Waals surface area contributed by atoms with Crippen LogP contribution in [0.1, 0.15) is 110 Å². The van der Waals surface area contributed by atoms with Gasteiger partial charge in [-0.25, -0.2) is 9.59 Å². The minimum Gasteiger partial charge on any atom is -0.619 e. The number of nitro groups is 1. The van der Waals surface area contributed by atoms with Gasteiger partial charge >= 0.3 is 12.1 Å². The second-order valence-corrected chi connectivity index (χ2v) is 31.8. The Bertz CT molecular complexity index is 6690. The highest BCUT2D eigenvalue weighted by Crippen LogP contribution is 2.42. The maximum atomic E-state index is 13.2. The second-order valence-electron chi connectivity index (χ2n) is 31.3. The van der Waals surface area contributed by atoms with Gasteiger partial charge in [-0.15, -0.1) is 0 Å². The fraction of sp³-hybridized carbons (Fsp3) is 0.168. The number of ether oxygens (including phenoxy) is 11. The summed E-state index contributed by atoms with van der Waals surface area (Å²) in [6.07, 6.45) is 7.75. The number of nitrogens with zero attached hydrogens (tertiary/aromatic N) is 3. The van der Waals surface area contributed by atoms with E-state index in [0.717, 1.165) is 21.6 Å². The quantitative estimate of drug-likeness (QED) is 0.00897. The van der Waals surface area contributed by atoms with Crippen LogP contribution in [0.4, 0.5) is 26.7 Å². The Morgan fingerprint density at radius 3 is 0.993 bits per heavy atom. The second kappa shape index (κ2) is 41.9. The summed E-state index contributed by atoms with van der Waals surface area (Å²) in [4.78, 5) is 112. The number of fused-ring (bicyclic) bond motifs is 5. The van der Waals surface area contributed by atoms with E-state index in [1.165, 1.54) is 31.6 Å². The number of benzene rings is 10. The molecule has 20 rings (SSSR count). The van der Waals surface area contributed by atoms with Crippen molar-refractivity contribution in [1.82, 2.24) is 53.2 Å². The third-order valence-electron chi connectivity index (χ3n) is 22.5. The molecule has 0 saturated heterocycles. The van der Waals surface area contributed by atoms with E-state index in [0.29, 0.717) is 223 Å². The highest BCUT2D eigenvalue weighted by molar-refractivity contribution is 6.30. The monoisotopic (exact) mass is 1870 g/mol. The number of nitrogens with one attached hydrogen (secondary N) is 10. The lowest BCUT2D eigenvalue weighted by Gasteiger charge is -2.28. The van der Waals surface area contributed by atoms with Gasteiger partial charge in [-0.1, -0.05) is 79.9 Å². The van der Waals surface area contributed by atoms with Crippen LogP contribution in [0.25, 0.3) is 0 Å². The highest BCUT2D eigenvalue weighted by Gasteiger charge is 2.37. The van der Waals surface area contributed by atoms with Crippen molar-refractivity contribution in [3.05, 3.63) is 389 Å². The largest absolute Gasteiger partial charge is 0.619 e. The van der Waals surface area contributed by atoms with Gasteiger partial charge in [-0.2, -0.15) is 4.74 Å². The zero-order valence-corrected chi connectivity index (χ0v) is 74.3. The number of nitro benzene ring substituents is 1. The number of carbonyl (C=O) groups excluding carboxylic acids is 7. The first kappa shape index (κ1) is 92.6. The lowest BCUT2D eigenvalue weighted by atomic mass is 9.91. The van der Waals surface area contributed by atoms with Crippen LogP contribution in [0, 0.1) is 20.2 Å². The van der Waals surface area contributed by atoms with Gasteiger partial charge in [0.15, 0.2) is 93.5 Å². The molecule has 10 N–H and O–H groups in total.